The van der Waals surface area contributed by atoms with Gasteiger partial charge in [-0.25, -0.2) is 8.42 Å². The molecule has 1 aliphatic rings. The van der Waals surface area contributed by atoms with Crippen molar-refractivity contribution in [1.29, 1.82) is 0 Å². The van der Waals surface area contributed by atoms with Gasteiger partial charge in [-0.1, -0.05) is 17.7 Å². The molecule has 1 aliphatic heterocycles. The van der Waals surface area contributed by atoms with Crippen molar-refractivity contribution in [3.63, 3.8) is 0 Å². The quantitative estimate of drug-likeness (QED) is 0.856. The van der Waals surface area contributed by atoms with Crippen molar-refractivity contribution in [2.24, 2.45) is 0 Å². The van der Waals surface area contributed by atoms with Crippen LogP contribution in [0.25, 0.3) is 0 Å². The molecule has 0 bridgehead atoms. The van der Waals surface area contributed by atoms with Gasteiger partial charge in [0.05, 0.1) is 23.8 Å². The van der Waals surface area contributed by atoms with Crippen molar-refractivity contribution in [2.45, 2.75) is 18.4 Å². The molecule has 0 spiro atoms. The minimum absolute atomic E-state index is 0.207. The standard InChI is InChI=1S/C16H19ClN2O3S2/c1-12-14(17)3-2-4-16(12)24(20,21)18-15-11-23-10-13(15)9-19-5-7-22-8-6-19/h2-4,10-11,18H,5-9H2,1H3. The Labute approximate surface area is 151 Å². The van der Waals surface area contributed by atoms with E-state index < -0.39 is 10.0 Å². The SMILES string of the molecule is Cc1c(Cl)cccc1S(=O)(=O)Nc1cscc1CN1CCOCC1. The molecule has 1 N–H and O–H groups in total. The number of nitrogens with zero attached hydrogens (tertiary/aromatic N) is 1. The summed E-state index contributed by atoms with van der Waals surface area (Å²) in [6, 6.07) is 4.90. The minimum Gasteiger partial charge on any atom is -0.379 e. The molecule has 1 aromatic heterocycles. The number of nitrogens with one attached hydrogen (secondary N) is 1. The lowest BCUT2D eigenvalue weighted by Gasteiger charge is -2.26. The Morgan fingerprint density at radius 2 is 2.04 bits per heavy atom. The van der Waals surface area contributed by atoms with Gasteiger partial charge in [-0.3, -0.25) is 9.62 Å². The number of halogens is 1. The normalized spacial score (nSPS) is 16.2. The van der Waals surface area contributed by atoms with Crippen molar-refractivity contribution in [2.75, 3.05) is 31.0 Å². The average Bonchev–Trinajstić information content (AvgIpc) is 2.97. The molecular weight excluding hydrogens is 368 g/mol. The summed E-state index contributed by atoms with van der Waals surface area (Å²) in [7, 11) is -3.67. The van der Waals surface area contributed by atoms with Crippen LogP contribution in [0.1, 0.15) is 11.1 Å². The summed E-state index contributed by atoms with van der Waals surface area (Å²) in [5, 5.41) is 4.25. The predicted octanol–water partition coefficient (Wildman–Crippen LogP) is 3.34. The molecule has 0 amide bonds. The van der Waals surface area contributed by atoms with Crippen LogP contribution in [-0.4, -0.2) is 39.6 Å². The third-order valence-electron chi connectivity index (χ3n) is 3.99. The summed E-state index contributed by atoms with van der Waals surface area (Å²) in [6.45, 7) is 5.56. The van der Waals surface area contributed by atoms with Gasteiger partial charge in [0.2, 0.25) is 0 Å². The van der Waals surface area contributed by atoms with Gasteiger partial charge in [0.25, 0.3) is 10.0 Å². The monoisotopic (exact) mass is 386 g/mol. The highest BCUT2D eigenvalue weighted by Crippen LogP contribution is 2.28. The zero-order chi connectivity index (χ0) is 17.2. The predicted molar refractivity (Wildman–Crippen MR) is 97.4 cm³/mol. The van der Waals surface area contributed by atoms with Gasteiger partial charge < -0.3 is 4.74 Å². The molecule has 5 nitrogen and oxygen atoms in total. The van der Waals surface area contributed by atoms with Crippen LogP contribution >= 0.6 is 22.9 Å². The van der Waals surface area contributed by atoms with Gasteiger partial charge >= 0.3 is 0 Å². The Morgan fingerprint density at radius 3 is 2.79 bits per heavy atom. The number of anilines is 1. The largest absolute Gasteiger partial charge is 0.379 e. The summed E-state index contributed by atoms with van der Waals surface area (Å²) in [4.78, 5) is 2.46. The Bertz CT molecular complexity index is 814. The van der Waals surface area contributed by atoms with Crippen LogP contribution < -0.4 is 4.72 Å². The second-order valence-electron chi connectivity index (χ2n) is 5.67. The fourth-order valence-electron chi connectivity index (χ4n) is 2.61. The highest BCUT2D eigenvalue weighted by Gasteiger charge is 2.21. The Kier molecular flexibility index (Phi) is 5.46. The molecule has 2 aromatic rings. The molecule has 1 fully saturated rings. The van der Waals surface area contributed by atoms with E-state index in [0.29, 0.717) is 36.0 Å². The Hall–Kier alpha value is -1.12. The summed E-state index contributed by atoms with van der Waals surface area (Å²) in [5.74, 6) is 0. The van der Waals surface area contributed by atoms with Crippen LogP contribution in [0.2, 0.25) is 5.02 Å². The number of hydrogen-bond donors (Lipinski definition) is 1. The summed E-state index contributed by atoms with van der Waals surface area (Å²) < 4.78 is 33.5. The maximum absolute atomic E-state index is 12.7. The van der Waals surface area contributed by atoms with E-state index in [0.717, 1.165) is 18.7 Å². The van der Waals surface area contributed by atoms with Crippen LogP contribution in [-0.2, 0) is 21.3 Å². The molecule has 1 saturated heterocycles. The molecule has 24 heavy (non-hydrogen) atoms. The molecule has 2 heterocycles. The van der Waals surface area contributed by atoms with Crippen LogP contribution in [0.5, 0.6) is 0 Å². The molecule has 130 valence electrons. The fraction of sp³-hybridized carbons (Fsp3) is 0.375. The molecule has 3 rings (SSSR count). The van der Waals surface area contributed by atoms with Gasteiger partial charge in [0, 0.05) is 35.6 Å². The van der Waals surface area contributed by atoms with Crippen molar-refractivity contribution in [3.05, 3.63) is 45.1 Å². The summed E-state index contributed by atoms with van der Waals surface area (Å²) in [6.07, 6.45) is 0. The van der Waals surface area contributed by atoms with E-state index in [4.69, 9.17) is 16.3 Å². The number of morpholine rings is 1. The van der Waals surface area contributed by atoms with E-state index >= 15 is 0 Å². The zero-order valence-corrected chi connectivity index (χ0v) is 15.7. The van der Waals surface area contributed by atoms with Crippen LogP contribution in [0.15, 0.2) is 33.9 Å². The molecule has 0 aliphatic carbocycles. The molecule has 1 aromatic carbocycles. The van der Waals surface area contributed by atoms with Crippen molar-refractivity contribution >= 4 is 38.6 Å². The molecule has 0 saturated carbocycles. The Morgan fingerprint density at radius 1 is 1.29 bits per heavy atom. The summed E-state index contributed by atoms with van der Waals surface area (Å²) >= 11 is 7.54. The first-order chi connectivity index (χ1) is 11.5. The number of ether oxygens (including phenoxy) is 1. The first-order valence-corrected chi connectivity index (χ1v) is 10.4. The van der Waals surface area contributed by atoms with E-state index in [1.807, 2.05) is 10.8 Å². The van der Waals surface area contributed by atoms with Crippen molar-refractivity contribution in [3.8, 4) is 0 Å². The molecule has 8 heteroatoms. The lowest BCUT2D eigenvalue weighted by Crippen LogP contribution is -2.35. The first-order valence-electron chi connectivity index (χ1n) is 7.60. The van der Waals surface area contributed by atoms with E-state index in [1.54, 1.807) is 25.1 Å². The topological polar surface area (TPSA) is 58.6 Å². The molecule has 0 unspecified atom stereocenters. The third kappa shape index (κ3) is 3.92. The number of rotatable bonds is 5. The maximum Gasteiger partial charge on any atom is 0.262 e. The highest BCUT2D eigenvalue weighted by atomic mass is 35.5. The Balaban J connectivity index is 1.80. The van der Waals surface area contributed by atoms with Gasteiger partial charge in [0.15, 0.2) is 0 Å². The summed E-state index contributed by atoms with van der Waals surface area (Å²) in [5.41, 5.74) is 2.16. The average molecular weight is 387 g/mol. The molecule has 0 radical (unpaired) electrons. The van der Waals surface area contributed by atoms with Gasteiger partial charge in [0.1, 0.15) is 0 Å². The highest BCUT2D eigenvalue weighted by molar-refractivity contribution is 7.92. The number of hydrogen-bond acceptors (Lipinski definition) is 5. The minimum atomic E-state index is -3.67. The number of benzene rings is 1. The maximum atomic E-state index is 12.7. The van der Waals surface area contributed by atoms with Crippen LogP contribution in [0.3, 0.4) is 0 Å². The van der Waals surface area contributed by atoms with Crippen LogP contribution in [0, 0.1) is 6.92 Å². The number of sulfonamides is 1. The third-order valence-corrected chi connectivity index (χ3v) is 6.70. The van der Waals surface area contributed by atoms with E-state index in [1.165, 1.54) is 11.3 Å². The van der Waals surface area contributed by atoms with E-state index in [9.17, 15) is 8.42 Å². The van der Waals surface area contributed by atoms with E-state index in [-0.39, 0.29) is 4.90 Å². The lowest BCUT2D eigenvalue weighted by atomic mass is 10.2. The smallest absolute Gasteiger partial charge is 0.262 e. The van der Waals surface area contributed by atoms with Gasteiger partial charge in [-0.05, 0) is 30.0 Å². The van der Waals surface area contributed by atoms with Crippen molar-refractivity contribution in [1.82, 2.24) is 4.90 Å². The van der Waals surface area contributed by atoms with Gasteiger partial charge in [-0.2, -0.15) is 0 Å². The van der Waals surface area contributed by atoms with Gasteiger partial charge in [-0.15, -0.1) is 11.3 Å². The number of thiophene rings is 1. The fourth-order valence-corrected chi connectivity index (χ4v) is 5.06. The second kappa shape index (κ2) is 7.41. The molecular formula is C16H19ClN2O3S2. The molecule has 0 atom stereocenters. The second-order valence-corrected chi connectivity index (χ2v) is 8.47. The lowest BCUT2D eigenvalue weighted by molar-refractivity contribution is 0.0343. The van der Waals surface area contributed by atoms with E-state index in [2.05, 4.69) is 9.62 Å². The van der Waals surface area contributed by atoms with Crippen LogP contribution in [0.4, 0.5) is 5.69 Å². The first kappa shape index (κ1) is 17.7. The van der Waals surface area contributed by atoms with Crippen molar-refractivity contribution < 1.29 is 13.2 Å². The zero-order valence-electron chi connectivity index (χ0n) is 13.3.